The molecule has 0 N–H and O–H groups in total. The number of aryl methyl sites for hydroxylation is 1. The van der Waals surface area contributed by atoms with Crippen LogP contribution in [0.15, 0.2) is 18.2 Å². The van der Waals surface area contributed by atoms with Crippen molar-refractivity contribution in [2.75, 3.05) is 0 Å². The highest BCUT2D eigenvalue weighted by molar-refractivity contribution is 6.01. The van der Waals surface area contributed by atoms with Crippen LogP contribution in [-0.4, -0.2) is 12.0 Å². The molecular weight excluding hydrogens is 200 g/mol. The van der Waals surface area contributed by atoms with Crippen molar-refractivity contribution in [1.82, 2.24) is 0 Å². The van der Waals surface area contributed by atoms with Crippen LogP contribution in [0.2, 0.25) is 0 Å². The molecule has 1 aromatic rings. The molecule has 0 heterocycles. The summed E-state index contributed by atoms with van der Waals surface area (Å²) in [6.45, 7) is 1.32. The molecule has 0 amide bonds. The number of benzene rings is 1. The molecule has 0 bridgehead atoms. The average Bonchev–Trinajstić information content (AvgIpc) is 2.06. The Kier molecular flexibility index (Phi) is 2.59. The van der Waals surface area contributed by atoms with Gasteiger partial charge in [-0.25, -0.2) is 4.39 Å². The van der Waals surface area contributed by atoms with E-state index in [9.17, 15) is 22.4 Å². The Bertz CT molecular complexity index is 368. The van der Waals surface area contributed by atoms with Crippen LogP contribution in [0.4, 0.5) is 17.6 Å². The van der Waals surface area contributed by atoms with Crippen molar-refractivity contribution in [3.8, 4) is 0 Å². The monoisotopic (exact) mass is 206 g/mol. The van der Waals surface area contributed by atoms with E-state index in [2.05, 4.69) is 0 Å². The van der Waals surface area contributed by atoms with Gasteiger partial charge in [0, 0.05) is 5.56 Å². The first-order valence-corrected chi connectivity index (χ1v) is 3.70. The van der Waals surface area contributed by atoms with Gasteiger partial charge in [-0.05, 0) is 24.6 Å². The topological polar surface area (TPSA) is 17.1 Å². The second kappa shape index (κ2) is 3.40. The number of alkyl halides is 3. The number of hydrogen-bond acceptors (Lipinski definition) is 1. The smallest absolute Gasteiger partial charge is 0.284 e. The van der Waals surface area contributed by atoms with Crippen molar-refractivity contribution in [3.63, 3.8) is 0 Å². The average molecular weight is 206 g/mol. The first kappa shape index (κ1) is 10.7. The number of ketones is 1. The van der Waals surface area contributed by atoms with Gasteiger partial charge in [0.25, 0.3) is 5.78 Å². The minimum atomic E-state index is -4.96. The van der Waals surface area contributed by atoms with E-state index >= 15 is 0 Å². The van der Waals surface area contributed by atoms with Gasteiger partial charge in [-0.15, -0.1) is 0 Å². The number of carbonyl (C=O) groups is 1. The summed E-state index contributed by atoms with van der Waals surface area (Å²) >= 11 is 0. The van der Waals surface area contributed by atoms with Gasteiger partial charge in [-0.1, -0.05) is 6.07 Å². The van der Waals surface area contributed by atoms with Crippen LogP contribution >= 0.6 is 0 Å². The Balaban J connectivity index is 3.19. The maximum atomic E-state index is 12.6. The third-order valence-electron chi connectivity index (χ3n) is 1.70. The summed E-state index contributed by atoms with van der Waals surface area (Å²) < 4.78 is 48.5. The van der Waals surface area contributed by atoms with Gasteiger partial charge in [0.05, 0.1) is 0 Å². The molecule has 0 saturated heterocycles. The lowest BCUT2D eigenvalue weighted by molar-refractivity contribution is -0.0885. The highest BCUT2D eigenvalue weighted by Gasteiger charge is 2.40. The first-order valence-electron chi connectivity index (χ1n) is 3.70. The maximum Gasteiger partial charge on any atom is 0.454 e. The van der Waals surface area contributed by atoms with Crippen LogP contribution < -0.4 is 0 Å². The molecule has 1 rings (SSSR count). The molecule has 0 saturated carbocycles. The van der Waals surface area contributed by atoms with E-state index < -0.39 is 23.3 Å². The molecule has 0 fully saturated rings. The summed E-state index contributed by atoms with van der Waals surface area (Å²) in [6.07, 6.45) is -4.96. The van der Waals surface area contributed by atoms with Crippen LogP contribution in [0, 0.1) is 12.7 Å². The van der Waals surface area contributed by atoms with Crippen LogP contribution in [0.1, 0.15) is 15.9 Å². The molecular formula is C9H6F4O. The summed E-state index contributed by atoms with van der Waals surface area (Å²) in [5.74, 6) is -2.88. The highest BCUT2D eigenvalue weighted by atomic mass is 19.4. The van der Waals surface area contributed by atoms with Crippen molar-refractivity contribution >= 4 is 5.78 Å². The highest BCUT2D eigenvalue weighted by Crippen LogP contribution is 2.23. The molecule has 0 aromatic heterocycles. The zero-order valence-electron chi connectivity index (χ0n) is 7.15. The first-order chi connectivity index (χ1) is 6.32. The van der Waals surface area contributed by atoms with Gasteiger partial charge in [0.2, 0.25) is 0 Å². The van der Waals surface area contributed by atoms with E-state index in [1.165, 1.54) is 6.92 Å². The van der Waals surface area contributed by atoms with Crippen molar-refractivity contribution in [1.29, 1.82) is 0 Å². The number of Topliss-reactive ketones (excluding diaryl/α,β-unsaturated/α-hetero) is 1. The van der Waals surface area contributed by atoms with E-state index in [-0.39, 0.29) is 5.56 Å². The van der Waals surface area contributed by atoms with E-state index in [1.807, 2.05) is 0 Å². The van der Waals surface area contributed by atoms with Crippen molar-refractivity contribution in [2.24, 2.45) is 0 Å². The van der Waals surface area contributed by atoms with E-state index in [0.717, 1.165) is 12.1 Å². The SMILES string of the molecule is Cc1ccc(F)cc1C(=O)C(F)(F)F. The van der Waals surface area contributed by atoms with Gasteiger partial charge in [-0.2, -0.15) is 13.2 Å². The third kappa shape index (κ3) is 2.10. The Morgan fingerprint density at radius 1 is 1.29 bits per heavy atom. The van der Waals surface area contributed by atoms with E-state index in [4.69, 9.17) is 0 Å². The predicted molar refractivity (Wildman–Crippen MR) is 41.5 cm³/mol. The number of hydrogen-bond donors (Lipinski definition) is 0. The Morgan fingerprint density at radius 2 is 1.86 bits per heavy atom. The van der Waals surface area contributed by atoms with Crippen LogP contribution in [-0.2, 0) is 0 Å². The molecule has 1 aromatic carbocycles. The fraction of sp³-hybridized carbons (Fsp3) is 0.222. The summed E-state index contributed by atoms with van der Waals surface area (Å²) in [4.78, 5) is 10.7. The fourth-order valence-corrected chi connectivity index (χ4v) is 0.992. The molecule has 14 heavy (non-hydrogen) atoms. The van der Waals surface area contributed by atoms with Crippen molar-refractivity contribution in [2.45, 2.75) is 13.1 Å². The van der Waals surface area contributed by atoms with Crippen LogP contribution in [0.3, 0.4) is 0 Å². The quantitative estimate of drug-likeness (QED) is 0.510. The largest absolute Gasteiger partial charge is 0.454 e. The molecule has 0 aliphatic carbocycles. The van der Waals surface area contributed by atoms with Crippen molar-refractivity contribution in [3.05, 3.63) is 35.1 Å². The minimum absolute atomic E-state index is 0.105. The summed E-state index contributed by atoms with van der Waals surface area (Å²) in [5.41, 5.74) is -0.536. The number of carbonyl (C=O) groups excluding carboxylic acids is 1. The Morgan fingerprint density at radius 3 is 2.36 bits per heavy atom. The number of rotatable bonds is 1. The lowest BCUT2D eigenvalue weighted by atomic mass is 10.0. The van der Waals surface area contributed by atoms with Gasteiger partial charge in [-0.3, -0.25) is 4.79 Å². The van der Waals surface area contributed by atoms with Gasteiger partial charge in [0.15, 0.2) is 0 Å². The number of halogens is 4. The molecule has 0 spiro atoms. The lowest BCUT2D eigenvalue weighted by Crippen LogP contribution is -2.23. The van der Waals surface area contributed by atoms with E-state index in [0.29, 0.717) is 6.07 Å². The Hall–Kier alpha value is -1.39. The second-order valence-corrected chi connectivity index (χ2v) is 2.79. The summed E-state index contributed by atoms with van der Waals surface area (Å²) in [7, 11) is 0. The molecule has 0 radical (unpaired) electrons. The molecule has 76 valence electrons. The molecule has 0 unspecified atom stereocenters. The van der Waals surface area contributed by atoms with Gasteiger partial charge >= 0.3 is 6.18 Å². The maximum absolute atomic E-state index is 12.6. The van der Waals surface area contributed by atoms with Crippen molar-refractivity contribution < 1.29 is 22.4 Å². The van der Waals surface area contributed by atoms with Crippen LogP contribution in [0.25, 0.3) is 0 Å². The second-order valence-electron chi connectivity index (χ2n) is 2.79. The zero-order chi connectivity index (χ0) is 10.9. The third-order valence-corrected chi connectivity index (χ3v) is 1.70. The predicted octanol–water partition coefficient (Wildman–Crippen LogP) is 2.88. The van der Waals surface area contributed by atoms with Crippen LogP contribution in [0.5, 0.6) is 0 Å². The van der Waals surface area contributed by atoms with Gasteiger partial charge < -0.3 is 0 Å². The standard InChI is InChI=1S/C9H6F4O/c1-5-2-3-6(10)4-7(5)8(14)9(11,12)13/h2-4H,1H3. The molecule has 0 aliphatic heterocycles. The van der Waals surface area contributed by atoms with Gasteiger partial charge in [0.1, 0.15) is 5.82 Å². The Labute approximate surface area is 77.3 Å². The molecule has 5 heteroatoms. The minimum Gasteiger partial charge on any atom is -0.284 e. The molecule has 0 aliphatic rings. The lowest BCUT2D eigenvalue weighted by Gasteiger charge is -2.07. The fourth-order valence-electron chi connectivity index (χ4n) is 0.992. The molecule has 0 atom stereocenters. The normalized spacial score (nSPS) is 11.5. The van der Waals surface area contributed by atoms with E-state index in [1.54, 1.807) is 0 Å². The summed E-state index contributed by atoms with van der Waals surface area (Å²) in [6, 6.07) is 2.72. The zero-order valence-corrected chi connectivity index (χ0v) is 7.15. The summed E-state index contributed by atoms with van der Waals surface area (Å²) in [5, 5.41) is 0. The molecule has 1 nitrogen and oxygen atoms in total.